The highest BCUT2D eigenvalue weighted by molar-refractivity contribution is 5.94. The Labute approximate surface area is 119 Å². The van der Waals surface area contributed by atoms with E-state index in [0.717, 1.165) is 43.6 Å². The van der Waals surface area contributed by atoms with Crippen molar-refractivity contribution in [2.45, 2.75) is 25.8 Å². The van der Waals surface area contributed by atoms with Gasteiger partial charge >= 0.3 is 0 Å². The molecule has 1 saturated heterocycles. The number of carbonyl (C=O) groups excluding carboxylic acids is 1. The van der Waals surface area contributed by atoms with Crippen molar-refractivity contribution in [2.24, 2.45) is 0 Å². The summed E-state index contributed by atoms with van der Waals surface area (Å²) >= 11 is 0. The van der Waals surface area contributed by atoms with Gasteiger partial charge in [0.15, 0.2) is 0 Å². The second-order valence-corrected chi connectivity index (χ2v) is 5.29. The molecule has 20 heavy (non-hydrogen) atoms. The van der Waals surface area contributed by atoms with Gasteiger partial charge in [0.2, 0.25) is 0 Å². The van der Waals surface area contributed by atoms with E-state index < -0.39 is 0 Å². The van der Waals surface area contributed by atoms with E-state index in [1.54, 1.807) is 12.5 Å². The van der Waals surface area contributed by atoms with Crippen LogP contribution in [-0.2, 0) is 6.54 Å². The minimum Gasteiger partial charge on any atom is -0.339 e. The molecule has 1 aromatic heterocycles. The van der Waals surface area contributed by atoms with Gasteiger partial charge in [-0.05, 0) is 37.0 Å². The van der Waals surface area contributed by atoms with E-state index in [-0.39, 0.29) is 5.91 Å². The molecule has 1 aromatic carbocycles. The van der Waals surface area contributed by atoms with Crippen molar-refractivity contribution >= 4 is 5.91 Å². The molecule has 0 aliphatic carbocycles. The van der Waals surface area contributed by atoms with Gasteiger partial charge in [-0.2, -0.15) is 0 Å². The molecule has 1 aliphatic rings. The lowest BCUT2D eigenvalue weighted by atomic mass is 10.1. The van der Waals surface area contributed by atoms with Crippen LogP contribution in [0.3, 0.4) is 0 Å². The van der Waals surface area contributed by atoms with Crippen molar-refractivity contribution in [3.8, 4) is 0 Å². The molecule has 0 spiro atoms. The van der Waals surface area contributed by atoms with Crippen LogP contribution in [0.2, 0.25) is 0 Å². The maximum Gasteiger partial charge on any atom is 0.253 e. The summed E-state index contributed by atoms with van der Waals surface area (Å²) in [7, 11) is 0. The fourth-order valence-electron chi connectivity index (χ4n) is 2.67. The predicted octanol–water partition coefficient (Wildman–Crippen LogP) is 2.56. The first-order chi connectivity index (χ1) is 9.83. The zero-order valence-corrected chi connectivity index (χ0v) is 11.5. The smallest absolute Gasteiger partial charge is 0.253 e. The molecule has 104 valence electrons. The average molecular weight is 269 g/mol. The fourth-order valence-corrected chi connectivity index (χ4v) is 2.67. The molecule has 0 unspecified atom stereocenters. The minimum absolute atomic E-state index is 0.164. The van der Waals surface area contributed by atoms with Gasteiger partial charge in [0.25, 0.3) is 5.91 Å². The third-order valence-electron chi connectivity index (χ3n) is 3.74. The summed E-state index contributed by atoms with van der Waals surface area (Å²) in [5, 5.41) is 0. The maximum absolute atomic E-state index is 12.5. The Morgan fingerprint density at radius 2 is 2.05 bits per heavy atom. The largest absolute Gasteiger partial charge is 0.339 e. The lowest BCUT2D eigenvalue weighted by Gasteiger charge is -2.26. The molecule has 0 saturated carbocycles. The van der Waals surface area contributed by atoms with Crippen molar-refractivity contribution < 1.29 is 4.79 Å². The third kappa shape index (κ3) is 2.90. The number of piperidine rings is 1. The molecule has 1 aliphatic heterocycles. The zero-order valence-electron chi connectivity index (χ0n) is 11.5. The van der Waals surface area contributed by atoms with E-state index in [4.69, 9.17) is 0 Å². The van der Waals surface area contributed by atoms with Gasteiger partial charge in [-0.15, -0.1) is 0 Å². The number of aromatic nitrogens is 2. The number of carbonyl (C=O) groups is 1. The molecule has 1 amide bonds. The lowest BCUT2D eigenvalue weighted by molar-refractivity contribution is 0.0724. The Kier molecular flexibility index (Phi) is 3.81. The third-order valence-corrected chi connectivity index (χ3v) is 3.74. The number of imidazole rings is 1. The number of hydrogen-bond acceptors (Lipinski definition) is 2. The summed E-state index contributed by atoms with van der Waals surface area (Å²) in [6, 6.07) is 7.92. The summed E-state index contributed by atoms with van der Waals surface area (Å²) < 4.78 is 2.00. The van der Waals surface area contributed by atoms with Gasteiger partial charge in [-0.1, -0.05) is 12.1 Å². The van der Waals surface area contributed by atoms with E-state index >= 15 is 0 Å². The SMILES string of the molecule is O=C(c1cccc(Cn2ccnc2)c1)N1CCCCC1. The molecule has 4 heteroatoms. The molecule has 2 aromatic rings. The molecule has 0 bridgehead atoms. The maximum atomic E-state index is 12.5. The van der Waals surface area contributed by atoms with E-state index in [2.05, 4.69) is 4.98 Å². The highest BCUT2D eigenvalue weighted by Gasteiger charge is 2.18. The molecular formula is C16H19N3O. The minimum atomic E-state index is 0.164. The molecule has 4 nitrogen and oxygen atoms in total. The van der Waals surface area contributed by atoms with E-state index in [9.17, 15) is 4.79 Å². The van der Waals surface area contributed by atoms with Crippen molar-refractivity contribution in [1.82, 2.24) is 14.5 Å². The van der Waals surface area contributed by atoms with Crippen LogP contribution in [-0.4, -0.2) is 33.4 Å². The van der Waals surface area contributed by atoms with Crippen LogP contribution in [0.15, 0.2) is 43.0 Å². The summed E-state index contributed by atoms with van der Waals surface area (Å²) in [4.78, 5) is 18.5. The summed E-state index contributed by atoms with van der Waals surface area (Å²) in [6.45, 7) is 2.54. The molecule has 0 N–H and O–H groups in total. The van der Waals surface area contributed by atoms with Crippen LogP contribution in [0.5, 0.6) is 0 Å². The van der Waals surface area contributed by atoms with Gasteiger partial charge in [0, 0.05) is 37.6 Å². The van der Waals surface area contributed by atoms with Gasteiger partial charge < -0.3 is 9.47 Å². The Bertz CT molecular complexity index is 571. The summed E-state index contributed by atoms with van der Waals surface area (Å²) in [5.41, 5.74) is 1.93. The second-order valence-electron chi connectivity index (χ2n) is 5.29. The van der Waals surface area contributed by atoms with Crippen LogP contribution in [0.1, 0.15) is 35.2 Å². The van der Waals surface area contributed by atoms with Crippen LogP contribution in [0.25, 0.3) is 0 Å². The van der Waals surface area contributed by atoms with E-state index in [1.165, 1.54) is 6.42 Å². The number of amides is 1. The first-order valence-corrected chi connectivity index (χ1v) is 7.17. The monoisotopic (exact) mass is 269 g/mol. The molecular weight excluding hydrogens is 250 g/mol. The number of hydrogen-bond donors (Lipinski definition) is 0. The number of rotatable bonds is 3. The predicted molar refractivity (Wildman–Crippen MR) is 77.5 cm³/mol. The normalized spacial score (nSPS) is 15.3. The molecule has 0 radical (unpaired) electrons. The van der Waals surface area contributed by atoms with Crippen molar-refractivity contribution in [3.05, 3.63) is 54.1 Å². The van der Waals surface area contributed by atoms with Gasteiger partial charge in [0.1, 0.15) is 0 Å². The average Bonchev–Trinajstić information content (AvgIpc) is 3.01. The van der Waals surface area contributed by atoms with E-state index in [1.807, 2.05) is 39.9 Å². The topological polar surface area (TPSA) is 38.1 Å². The summed E-state index contributed by atoms with van der Waals surface area (Å²) in [6.07, 6.45) is 8.98. The van der Waals surface area contributed by atoms with Crippen molar-refractivity contribution in [1.29, 1.82) is 0 Å². The van der Waals surface area contributed by atoms with Crippen molar-refractivity contribution in [2.75, 3.05) is 13.1 Å². The van der Waals surface area contributed by atoms with Crippen molar-refractivity contribution in [3.63, 3.8) is 0 Å². The standard InChI is InChI=1S/C16H19N3O/c20-16(19-8-2-1-3-9-19)15-6-4-5-14(11-15)12-18-10-7-17-13-18/h4-7,10-11,13H,1-3,8-9,12H2. The first kappa shape index (κ1) is 12.9. The van der Waals surface area contributed by atoms with Crippen LogP contribution < -0.4 is 0 Å². The zero-order chi connectivity index (χ0) is 13.8. The number of nitrogens with zero attached hydrogens (tertiary/aromatic N) is 3. The Morgan fingerprint density at radius 3 is 2.80 bits per heavy atom. The molecule has 2 heterocycles. The van der Waals surface area contributed by atoms with Crippen LogP contribution in [0.4, 0.5) is 0 Å². The quantitative estimate of drug-likeness (QED) is 0.859. The first-order valence-electron chi connectivity index (χ1n) is 7.17. The molecule has 0 atom stereocenters. The highest BCUT2D eigenvalue weighted by Crippen LogP contribution is 2.14. The Balaban J connectivity index is 1.74. The van der Waals surface area contributed by atoms with Crippen LogP contribution >= 0.6 is 0 Å². The van der Waals surface area contributed by atoms with Gasteiger partial charge in [-0.25, -0.2) is 4.98 Å². The molecule has 1 fully saturated rings. The molecule has 3 rings (SSSR count). The summed E-state index contributed by atoms with van der Waals surface area (Å²) in [5.74, 6) is 0.164. The highest BCUT2D eigenvalue weighted by atomic mass is 16.2. The van der Waals surface area contributed by atoms with Crippen LogP contribution in [0, 0.1) is 0 Å². The van der Waals surface area contributed by atoms with Gasteiger partial charge in [0.05, 0.1) is 6.33 Å². The number of likely N-dealkylation sites (tertiary alicyclic amines) is 1. The second kappa shape index (κ2) is 5.90. The Hall–Kier alpha value is -2.10. The van der Waals surface area contributed by atoms with Gasteiger partial charge in [-0.3, -0.25) is 4.79 Å². The van der Waals surface area contributed by atoms with E-state index in [0.29, 0.717) is 0 Å². The fraction of sp³-hybridized carbons (Fsp3) is 0.375. The lowest BCUT2D eigenvalue weighted by Crippen LogP contribution is -2.35. The number of benzene rings is 1. The Morgan fingerprint density at radius 1 is 1.20 bits per heavy atom.